The van der Waals surface area contributed by atoms with Gasteiger partial charge in [0.2, 0.25) is 10.4 Å². The predicted octanol–water partition coefficient (Wildman–Crippen LogP) is -4.50. The molecule has 10 nitrogen and oxygen atoms in total. The van der Waals surface area contributed by atoms with Gasteiger partial charge in [-0.25, -0.2) is 17.9 Å². The van der Waals surface area contributed by atoms with E-state index in [2.05, 4.69) is 14.6 Å². The summed E-state index contributed by atoms with van der Waals surface area (Å²) >= 11 is 0. The molecule has 2 bridgehead atoms. The molecule has 1 unspecified atom stereocenters. The SMILES string of the molecule is Cn1nnc2c1C1CN(C2)C(=O)N1OS(=O)(=O)[O-].[Na+]. The van der Waals surface area contributed by atoms with Gasteiger partial charge in [0.05, 0.1) is 18.8 Å². The second-order valence-electron chi connectivity index (χ2n) is 4.03. The van der Waals surface area contributed by atoms with E-state index in [4.69, 9.17) is 0 Å². The summed E-state index contributed by atoms with van der Waals surface area (Å²) in [5, 5.41) is 8.23. The molecule has 2 amide bonds. The Hall–Kier alpha value is -0.720. The van der Waals surface area contributed by atoms with Gasteiger partial charge < -0.3 is 9.45 Å². The van der Waals surface area contributed by atoms with Crippen LogP contribution in [-0.4, -0.2) is 50.5 Å². The van der Waals surface area contributed by atoms with Crippen LogP contribution in [0.2, 0.25) is 0 Å². The fraction of sp³-hybridized carbons (Fsp3) is 0.571. The Morgan fingerprint density at radius 3 is 2.79 bits per heavy atom. The number of hydrogen-bond acceptors (Lipinski definition) is 7. The van der Waals surface area contributed by atoms with E-state index in [9.17, 15) is 17.8 Å². The van der Waals surface area contributed by atoms with Crippen LogP contribution in [0.15, 0.2) is 0 Å². The number of hydrogen-bond donors (Lipinski definition) is 0. The largest absolute Gasteiger partial charge is 1.00 e. The van der Waals surface area contributed by atoms with E-state index in [1.54, 1.807) is 7.05 Å². The average molecular weight is 297 g/mol. The van der Waals surface area contributed by atoms with Crippen molar-refractivity contribution in [3.8, 4) is 0 Å². The van der Waals surface area contributed by atoms with E-state index in [-0.39, 0.29) is 42.6 Å². The topological polar surface area (TPSA) is 121 Å². The summed E-state index contributed by atoms with van der Waals surface area (Å²) in [5.41, 5.74) is 1.14. The summed E-state index contributed by atoms with van der Waals surface area (Å²) in [5.74, 6) is 0. The van der Waals surface area contributed by atoms with Crippen LogP contribution in [0.1, 0.15) is 17.4 Å². The molecule has 0 N–H and O–H groups in total. The van der Waals surface area contributed by atoms with Crippen molar-refractivity contribution in [3.63, 3.8) is 0 Å². The molecule has 98 valence electrons. The third-order valence-corrected chi connectivity index (χ3v) is 3.25. The normalized spacial score (nSPS) is 21.4. The van der Waals surface area contributed by atoms with Gasteiger partial charge >= 0.3 is 35.6 Å². The molecule has 2 aliphatic rings. The van der Waals surface area contributed by atoms with E-state index >= 15 is 0 Å². The Bertz CT molecular complexity index is 630. The van der Waals surface area contributed by atoms with Gasteiger partial charge in [-0.05, 0) is 0 Å². The van der Waals surface area contributed by atoms with Crippen LogP contribution in [0, 0.1) is 0 Å². The molecule has 0 aliphatic carbocycles. The zero-order valence-corrected chi connectivity index (χ0v) is 13.0. The number of amides is 2. The van der Waals surface area contributed by atoms with Crippen molar-refractivity contribution < 1.29 is 51.6 Å². The van der Waals surface area contributed by atoms with Gasteiger partial charge in [-0.3, -0.25) is 0 Å². The summed E-state index contributed by atoms with van der Waals surface area (Å²) in [4.78, 5) is 13.1. The summed E-state index contributed by atoms with van der Waals surface area (Å²) in [6.45, 7) is 0.458. The van der Waals surface area contributed by atoms with Crippen LogP contribution < -0.4 is 29.6 Å². The van der Waals surface area contributed by atoms with Crippen molar-refractivity contribution in [2.24, 2.45) is 7.05 Å². The molecule has 1 saturated heterocycles. The third-order valence-electron chi connectivity index (χ3n) is 2.91. The van der Waals surface area contributed by atoms with Gasteiger partial charge in [0.25, 0.3) is 0 Å². The molecule has 12 heteroatoms. The van der Waals surface area contributed by atoms with Gasteiger partial charge in [0.1, 0.15) is 11.7 Å². The van der Waals surface area contributed by atoms with Crippen LogP contribution in [0.5, 0.6) is 0 Å². The van der Waals surface area contributed by atoms with Crippen molar-refractivity contribution in [2.45, 2.75) is 12.6 Å². The first-order valence-electron chi connectivity index (χ1n) is 4.99. The smallest absolute Gasteiger partial charge is 0.724 e. The first-order chi connectivity index (χ1) is 8.37. The van der Waals surface area contributed by atoms with Crippen LogP contribution in [-0.2, 0) is 28.3 Å². The number of fused-ring (bicyclic) bond motifs is 4. The van der Waals surface area contributed by atoms with E-state index < -0.39 is 22.5 Å². The summed E-state index contributed by atoms with van der Waals surface area (Å²) in [7, 11) is -3.38. The number of rotatable bonds is 2. The molecule has 1 fully saturated rings. The second kappa shape index (κ2) is 4.68. The van der Waals surface area contributed by atoms with Crippen molar-refractivity contribution >= 4 is 16.4 Å². The predicted molar refractivity (Wildman–Crippen MR) is 52.2 cm³/mol. The quantitative estimate of drug-likeness (QED) is 0.306. The molecule has 2 aliphatic heterocycles. The molecule has 3 rings (SSSR count). The minimum atomic E-state index is -5.00. The molecular weight excluding hydrogens is 289 g/mol. The number of nitrogens with zero attached hydrogens (tertiary/aromatic N) is 5. The Morgan fingerprint density at radius 2 is 2.16 bits per heavy atom. The molecule has 0 radical (unpaired) electrons. The van der Waals surface area contributed by atoms with E-state index in [1.165, 1.54) is 9.58 Å². The number of hydroxylamine groups is 2. The second-order valence-corrected chi connectivity index (χ2v) is 5.00. The van der Waals surface area contributed by atoms with E-state index in [0.717, 1.165) is 0 Å². The van der Waals surface area contributed by atoms with Crippen molar-refractivity contribution in [1.29, 1.82) is 0 Å². The van der Waals surface area contributed by atoms with Crippen molar-refractivity contribution in [2.75, 3.05) is 6.54 Å². The standard InChI is InChI=1S/C7H9N5O5S.Na/c1-10-6-4(8-9-10)2-11-3-5(6)12(7(11)13)17-18(14,15)16;/h5H,2-3H2,1H3,(H,14,15,16);/q;+1/p-1. The number of carbonyl (C=O) groups is 1. The van der Waals surface area contributed by atoms with Gasteiger partial charge in [-0.15, -0.1) is 5.10 Å². The number of carbonyl (C=O) groups excluding carboxylic acids is 1. The Balaban J connectivity index is 0.00000133. The van der Waals surface area contributed by atoms with Crippen LogP contribution >= 0.6 is 0 Å². The number of aryl methyl sites for hydroxylation is 1. The molecule has 3 heterocycles. The summed E-state index contributed by atoms with van der Waals surface area (Å²) in [6, 6.07) is -1.36. The summed E-state index contributed by atoms with van der Waals surface area (Å²) in [6.07, 6.45) is 0. The fourth-order valence-corrected chi connectivity index (χ4v) is 2.62. The van der Waals surface area contributed by atoms with E-state index in [1.807, 2.05) is 0 Å². The molecule has 0 aromatic carbocycles. The Kier molecular flexibility index (Phi) is 3.62. The van der Waals surface area contributed by atoms with Crippen LogP contribution in [0.3, 0.4) is 0 Å². The molecule has 0 spiro atoms. The molecule has 1 aromatic heterocycles. The zero-order valence-electron chi connectivity index (χ0n) is 10.2. The fourth-order valence-electron chi connectivity index (χ4n) is 2.25. The van der Waals surface area contributed by atoms with Gasteiger partial charge in [-0.1, -0.05) is 5.21 Å². The number of urea groups is 1. The van der Waals surface area contributed by atoms with Crippen molar-refractivity contribution in [1.82, 2.24) is 25.0 Å². The maximum Gasteiger partial charge on any atom is 1.00 e. The van der Waals surface area contributed by atoms with Crippen LogP contribution in [0.25, 0.3) is 0 Å². The van der Waals surface area contributed by atoms with E-state index in [0.29, 0.717) is 16.5 Å². The van der Waals surface area contributed by atoms with Gasteiger partial charge in [0, 0.05) is 7.05 Å². The van der Waals surface area contributed by atoms with Gasteiger partial charge in [-0.2, -0.15) is 9.35 Å². The average Bonchev–Trinajstić information content (AvgIpc) is 2.74. The maximum atomic E-state index is 11.8. The first-order valence-corrected chi connectivity index (χ1v) is 6.32. The van der Waals surface area contributed by atoms with Crippen LogP contribution in [0.4, 0.5) is 4.79 Å². The minimum absolute atomic E-state index is 0. The maximum absolute atomic E-state index is 11.8. The minimum Gasteiger partial charge on any atom is -0.724 e. The Morgan fingerprint density at radius 1 is 1.47 bits per heavy atom. The monoisotopic (exact) mass is 297 g/mol. The van der Waals surface area contributed by atoms with Gasteiger partial charge in [0.15, 0.2) is 0 Å². The summed E-state index contributed by atoms with van der Waals surface area (Å²) < 4.78 is 37.5. The third kappa shape index (κ3) is 2.37. The van der Waals surface area contributed by atoms with Crippen molar-refractivity contribution in [3.05, 3.63) is 11.4 Å². The molecular formula is C7H8N5NaO5S. The molecule has 19 heavy (non-hydrogen) atoms. The first kappa shape index (κ1) is 14.7. The molecule has 0 saturated carbocycles. The number of aromatic nitrogens is 3. The molecule has 1 aromatic rings. The zero-order chi connectivity index (χ0) is 13.1. The Labute approximate surface area is 130 Å². The molecule has 1 atom stereocenters.